The fraction of sp³-hybridized carbons (Fsp3) is 0.733. The number of fused-ring (bicyclic) bond motifs is 2. The molecule has 9 atom stereocenters. The Morgan fingerprint density at radius 2 is 1.46 bits per heavy atom. The van der Waals surface area contributed by atoms with E-state index in [9.17, 15) is 5.11 Å². The van der Waals surface area contributed by atoms with Crippen LogP contribution in [0.15, 0.2) is 46.0 Å². The van der Waals surface area contributed by atoms with E-state index >= 15 is 0 Å². The second kappa shape index (κ2) is 14.0. The molecule has 41 heavy (non-hydrogen) atoms. The number of aliphatic hydroxyl groups is 1. The molecule has 5 saturated heterocycles. The zero-order valence-corrected chi connectivity index (χ0v) is 28.9. The third-order valence-electron chi connectivity index (χ3n) is 11.0. The minimum absolute atomic E-state index is 0. The number of thioether (sulfide) groups is 1. The Morgan fingerprint density at radius 1 is 0.878 bits per heavy atom. The van der Waals surface area contributed by atoms with Crippen LogP contribution in [0.1, 0.15) is 94.8 Å². The first-order valence-corrected chi connectivity index (χ1v) is 21.2. The summed E-state index contributed by atoms with van der Waals surface area (Å²) in [6.45, 7) is 6.03. The van der Waals surface area contributed by atoms with Crippen LogP contribution in [0.25, 0.3) is 0 Å². The van der Waals surface area contributed by atoms with Crippen molar-refractivity contribution < 1.29 is 30.4 Å². The first-order valence-electron chi connectivity index (χ1n) is 14.6. The SMILES string of the molecule is C[C@@H]1CC[C@@H](c2ccoc2)N2C[C@@]3(CC[C@@H]12)CS[C@@]1(CC[C@H]2[C@H](C)CC[C@@H](c4ccoc4)N2[C@@H]1O)C3.N.N.[Cl][Pt][Cl]. The summed E-state index contributed by atoms with van der Waals surface area (Å²) in [5, 5.41) is 12.2. The molecule has 5 aliphatic heterocycles. The molecule has 7 nitrogen and oxygen atoms in total. The predicted molar refractivity (Wildman–Crippen MR) is 164 cm³/mol. The third kappa shape index (κ3) is 6.26. The Morgan fingerprint density at radius 3 is 2.10 bits per heavy atom. The van der Waals surface area contributed by atoms with E-state index in [-0.39, 0.29) is 29.3 Å². The van der Waals surface area contributed by atoms with Crippen LogP contribution in [0.3, 0.4) is 0 Å². The predicted octanol–water partition coefficient (Wildman–Crippen LogP) is 8.32. The second-order valence-corrected chi connectivity index (χ2v) is 17.7. The number of rotatable bonds is 2. The summed E-state index contributed by atoms with van der Waals surface area (Å²) >= 11 is 1.64. The maximum atomic E-state index is 12.2. The van der Waals surface area contributed by atoms with Gasteiger partial charge in [0.25, 0.3) is 0 Å². The third-order valence-corrected chi connectivity index (χ3v) is 12.9. The normalized spacial score (nSPS) is 40.7. The van der Waals surface area contributed by atoms with Crippen LogP contribution in [0, 0.1) is 17.3 Å². The fourth-order valence-corrected chi connectivity index (χ4v) is 10.9. The van der Waals surface area contributed by atoms with Gasteiger partial charge in [-0.1, -0.05) is 13.8 Å². The van der Waals surface area contributed by atoms with Crippen molar-refractivity contribution >= 4 is 30.6 Å². The molecule has 0 saturated carbocycles. The van der Waals surface area contributed by atoms with E-state index in [1.54, 1.807) is 6.26 Å². The first-order chi connectivity index (χ1) is 18.9. The molecule has 7 N–H and O–H groups in total. The molecule has 11 heteroatoms. The Kier molecular flexibility index (Phi) is 11.5. The number of furan rings is 2. The molecule has 0 aromatic carbocycles. The van der Waals surface area contributed by atoms with Crippen molar-refractivity contribution in [1.82, 2.24) is 22.1 Å². The zero-order chi connectivity index (χ0) is 27.2. The number of aliphatic hydroxyl groups excluding tert-OH is 1. The molecule has 2 aromatic rings. The van der Waals surface area contributed by atoms with Crippen LogP contribution in [-0.4, -0.2) is 50.3 Å². The van der Waals surface area contributed by atoms with E-state index in [1.807, 2.05) is 18.8 Å². The Bertz CT molecular complexity index is 1080. The second-order valence-electron chi connectivity index (χ2n) is 13.0. The van der Waals surface area contributed by atoms with Crippen molar-refractivity contribution in [1.29, 1.82) is 0 Å². The Balaban J connectivity index is 0.000000744. The molecule has 0 bridgehead atoms. The number of halogens is 2. The van der Waals surface area contributed by atoms with Gasteiger partial charge in [-0.2, -0.15) is 11.8 Å². The minimum atomic E-state index is -0.472. The van der Waals surface area contributed by atoms with Crippen LogP contribution in [-0.2, 0) is 16.5 Å². The summed E-state index contributed by atoms with van der Waals surface area (Å²) in [5.41, 5.74) is 2.90. The molecule has 0 unspecified atom stereocenters. The van der Waals surface area contributed by atoms with E-state index in [1.165, 1.54) is 61.9 Å². The Hall–Kier alpha value is -0.0217. The summed E-state index contributed by atoms with van der Waals surface area (Å²) < 4.78 is 11.0. The van der Waals surface area contributed by atoms with Gasteiger partial charge in [0.15, 0.2) is 0 Å². The van der Waals surface area contributed by atoms with Gasteiger partial charge in [-0.15, -0.1) is 0 Å². The summed E-state index contributed by atoms with van der Waals surface area (Å²) in [7, 11) is 9.75. The molecule has 5 aliphatic rings. The number of piperidine rings is 4. The zero-order valence-electron chi connectivity index (χ0n) is 24.3. The van der Waals surface area contributed by atoms with Crippen LogP contribution < -0.4 is 12.3 Å². The van der Waals surface area contributed by atoms with Crippen LogP contribution in [0.2, 0.25) is 0 Å². The molecule has 0 amide bonds. The van der Waals surface area contributed by atoms with Crippen molar-refractivity contribution in [3.05, 3.63) is 48.3 Å². The molecule has 2 spiro atoms. The van der Waals surface area contributed by atoms with Crippen molar-refractivity contribution in [2.24, 2.45) is 17.3 Å². The molecule has 0 aliphatic carbocycles. The number of nitrogens with zero attached hydrogens (tertiary/aromatic N) is 2. The maximum absolute atomic E-state index is 12.2. The molecule has 2 aromatic heterocycles. The van der Waals surface area contributed by atoms with Gasteiger partial charge < -0.3 is 26.2 Å². The van der Waals surface area contributed by atoms with E-state index < -0.39 is 16.5 Å². The van der Waals surface area contributed by atoms with Crippen molar-refractivity contribution in [2.45, 2.75) is 107 Å². The average Bonchev–Trinajstić information content (AvgIpc) is 3.71. The summed E-state index contributed by atoms with van der Waals surface area (Å²) in [5.74, 6) is 2.59. The van der Waals surface area contributed by atoms with Gasteiger partial charge in [-0.05, 0) is 87.2 Å². The van der Waals surface area contributed by atoms with E-state index in [0.29, 0.717) is 29.5 Å². The van der Waals surface area contributed by atoms with Gasteiger partial charge in [0.05, 0.1) is 29.8 Å². The number of hydrogen-bond acceptors (Lipinski definition) is 8. The van der Waals surface area contributed by atoms with Crippen molar-refractivity contribution in [3.8, 4) is 0 Å². The topological polar surface area (TPSA) is 123 Å². The monoisotopic (exact) mass is 809 g/mol. The van der Waals surface area contributed by atoms with Crippen LogP contribution >= 0.6 is 30.6 Å². The average molecular weight is 811 g/mol. The van der Waals surface area contributed by atoms with Crippen LogP contribution in [0.4, 0.5) is 0 Å². The van der Waals surface area contributed by atoms with Gasteiger partial charge in [0.2, 0.25) is 0 Å². The molecule has 0 radical (unpaired) electrons. The molecule has 7 heterocycles. The van der Waals surface area contributed by atoms with Gasteiger partial charge in [-0.3, -0.25) is 9.80 Å². The van der Waals surface area contributed by atoms with Crippen LogP contribution in [0.5, 0.6) is 0 Å². The van der Waals surface area contributed by atoms with Crippen molar-refractivity contribution in [3.63, 3.8) is 0 Å². The number of hydrogen-bond donors (Lipinski definition) is 3. The van der Waals surface area contributed by atoms with Gasteiger partial charge in [0.1, 0.15) is 6.23 Å². The van der Waals surface area contributed by atoms with E-state index in [2.05, 4.69) is 47.5 Å². The molecule has 7 rings (SSSR count). The quantitative estimate of drug-likeness (QED) is 0.277. The standard InChI is InChI=1S/C30H42N2O3S.2ClH.2H3N.Pt/c1-20-3-5-26(22-9-13-34-15-22)31-18-29(11-7-24(20)31)17-30(36-19-29)12-8-25-21(2)4-6-27(32(25)28(30)33)23-10-14-35-16-23;;;;;/h9-10,13-16,20-21,24-28,33H,3-8,11-12,17-19H2,1-2H3;2*1H;2*1H3;/q;;;;;+2/p-2/t20-,21-,24+,25+,26+,27+,28-,29+,30+;;;;;/m1...../s1. The summed E-state index contributed by atoms with van der Waals surface area (Å²) in [6, 6.07) is 6.21. The van der Waals surface area contributed by atoms with Gasteiger partial charge >= 0.3 is 35.3 Å². The summed E-state index contributed by atoms with van der Waals surface area (Å²) in [4.78, 5) is 5.38. The molecule has 5 fully saturated rings. The molecular formula is C30H48Cl2N4O3PtS. The van der Waals surface area contributed by atoms with Gasteiger partial charge in [0, 0.05) is 47.6 Å². The fourth-order valence-electron chi connectivity index (χ4n) is 9.05. The molecular weight excluding hydrogens is 762 g/mol. The van der Waals surface area contributed by atoms with Crippen molar-refractivity contribution in [2.75, 3.05) is 12.3 Å². The Labute approximate surface area is 266 Å². The van der Waals surface area contributed by atoms with E-state index in [4.69, 9.17) is 27.7 Å². The van der Waals surface area contributed by atoms with Gasteiger partial charge in [-0.25, -0.2) is 0 Å². The first kappa shape index (κ1) is 33.9. The van der Waals surface area contributed by atoms with E-state index in [0.717, 1.165) is 25.2 Å². The summed E-state index contributed by atoms with van der Waals surface area (Å²) in [6.07, 6.45) is 18.1. The molecule has 236 valence electrons.